The molecule has 0 radical (unpaired) electrons. The predicted octanol–water partition coefficient (Wildman–Crippen LogP) is -3.66. The lowest BCUT2D eigenvalue weighted by molar-refractivity contribution is 4.34. The van der Waals surface area contributed by atoms with Crippen LogP contribution in [0.15, 0.2) is 0 Å². The largest absolute Gasteiger partial charge is 0.0550 e. The molecule has 0 rings (SSSR count). The molecule has 0 aromatic carbocycles. The summed E-state index contributed by atoms with van der Waals surface area (Å²) in [5.74, 6) is 0. The Bertz CT molecular complexity index is 15.2. The van der Waals surface area contributed by atoms with Gasteiger partial charge < -0.3 is 0 Å². The Labute approximate surface area is 36.4 Å². The summed E-state index contributed by atoms with van der Waals surface area (Å²) in [7, 11) is 5.22. The molecule has 0 aromatic heterocycles. The van der Waals surface area contributed by atoms with Crippen LogP contribution in [0.5, 0.6) is 0 Å². The Morgan fingerprint density at radius 2 is 1.25 bits per heavy atom. The lowest BCUT2D eigenvalue weighted by Gasteiger charge is -1.45. The van der Waals surface area contributed by atoms with E-state index < -0.39 is 0 Å². The first-order valence-corrected chi connectivity index (χ1v) is 13.4. The van der Waals surface area contributed by atoms with E-state index in [0.717, 1.165) is 16.3 Å². The summed E-state index contributed by atoms with van der Waals surface area (Å²) in [6, 6.07) is 0. The Morgan fingerprint density at radius 3 is 1.25 bits per heavy atom. The molecule has 0 N–H and O–H groups in total. The monoisotopic (exact) mass is 120 g/mol. The quantitative estimate of drug-likeness (QED) is 0.289. The molecule has 0 spiro atoms. The second-order valence-corrected chi connectivity index (χ2v) is 18.0. The van der Waals surface area contributed by atoms with Gasteiger partial charge in [0.15, 0.2) is 0 Å². The first kappa shape index (κ1) is 4.87. The van der Waals surface area contributed by atoms with Crippen molar-refractivity contribution >= 4 is 35.8 Å². The van der Waals surface area contributed by atoms with Crippen LogP contribution in [0.25, 0.3) is 0 Å². The van der Waals surface area contributed by atoms with Crippen LogP contribution in [0, 0.1) is 0 Å². The smallest absolute Gasteiger partial charge is 0.00703 e. The SMILES string of the molecule is [SiH3]/[SiH]=[SiH]/[SiH3]. The van der Waals surface area contributed by atoms with Gasteiger partial charge in [-0.25, -0.2) is 0 Å². The van der Waals surface area contributed by atoms with Gasteiger partial charge in [0.1, 0.15) is 0 Å². The summed E-state index contributed by atoms with van der Waals surface area (Å²) in [6.07, 6.45) is 0. The molecule has 0 aliphatic heterocycles. The summed E-state index contributed by atoms with van der Waals surface area (Å²) in [5, 5.41) is 0. The number of hydrogen-bond acceptors (Lipinski definition) is 0. The van der Waals surface area contributed by atoms with E-state index >= 15 is 0 Å². The third-order valence-electron chi connectivity index (χ3n) is 0.333. The molecule has 0 unspecified atom stereocenters. The molecule has 4 heavy (non-hydrogen) atoms. The van der Waals surface area contributed by atoms with Crippen molar-refractivity contribution in [2.75, 3.05) is 0 Å². The highest BCUT2D eigenvalue weighted by molar-refractivity contribution is 7.17. The zero-order chi connectivity index (χ0) is 3.41. The van der Waals surface area contributed by atoms with Crippen molar-refractivity contribution in [2.24, 2.45) is 0 Å². The fraction of sp³-hybridized carbons (Fsp3) is 0. The maximum Gasteiger partial charge on any atom is 0.00703 e. The van der Waals surface area contributed by atoms with Gasteiger partial charge in [0.05, 0.1) is 0 Å². The molecule has 0 aliphatic carbocycles. The Kier molecular flexibility index (Phi) is 4.71. The normalized spacial score (nSPS) is 11.0. The van der Waals surface area contributed by atoms with Crippen molar-refractivity contribution in [1.29, 1.82) is 0 Å². The van der Waals surface area contributed by atoms with E-state index in [0.29, 0.717) is 0 Å². The van der Waals surface area contributed by atoms with E-state index in [9.17, 15) is 0 Å². The van der Waals surface area contributed by atoms with Crippen LogP contribution < -0.4 is 0 Å². The lowest BCUT2D eigenvalue weighted by Crippen LogP contribution is -1.79. The zero-order valence-corrected chi connectivity index (χ0v) is 9.46. The zero-order valence-electron chi connectivity index (χ0n) is 3.15. The maximum absolute atomic E-state index is 1.54. The van der Waals surface area contributed by atoms with Gasteiger partial charge in [-0.1, -0.05) is 16.3 Å². The molecule has 0 heterocycles. The van der Waals surface area contributed by atoms with Gasteiger partial charge in [0.2, 0.25) is 0 Å². The lowest BCUT2D eigenvalue weighted by atomic mass is 26.7. The summed E-state index contributed by atoms with van der Waals surface area (Å²) < 4.78 is 0. The molecular formula is H8Si4. The fourth-order valence-corrected chi connectivity index (χ4v) is 0. The average molecular weight is 120 g/mol. The van der Waals surface area contributed by atoms with Crippen molar-refractivity contribution in [3.8, 4) is 0 Å². The second kappa shape index (κ2) is 3.87. The van der Waals surface area contributed by atoms with Crippen LogP contribution in [0.1, 0.15) is 0 Å². The van der Waals surface area contributed by atoms with Crippen LogP contribution in [0.3, 0.4) is 0 Å². The van der Waals surface area contributed by atoms with Crippen LogP contribution >= 0.6 is 0 Å². The van der Waals surface area contributed by atoms with E-state index in [1.807, 2.05) is 0 Å². The minimum atomic E-state index is 1.07. The Balaban J connectivity index is 2.55. The molecule has 0 saturated heterocycles. The van der Waals surface area contributed by atoms with E-state index in [1.165, 1.54) is 0 Å². The molecule has 0 nitrogen and oxygen atoms in total. The van der Waals surface area contributed by atoms with Crippen molar-refractivity contribution < 1.29 is 0 Å². The van der Waals surface area contributed by atoms with Crippen LogP contribution in [0.4, 0.5) is 0 Å². The van der Waals surface area contributed by atoms with Gasteiger partial charge in [-0.2, -0.15) is 0 Å². The first-order chi connectivity index (χ1) is 1.91. The minimum absolute atomic E-state index is 1.07. The summed E-state index contributed by atoms with van der Waals surface area (Å²) >= 11 is 0. The van der Waals surface area contributed by atoms with Gasteiger partial charge in [0.25, 0.3) is 0 Å². The van der Waals surface area contributed by atoms with Crippen LogP contribution in [0.2, 0.25) is 0 Å². The highest BCUT2D eigenvalue weighted by Gasteiger charge is 1.38. The van der Waals surface area contributed by atoms with Gasteiger partial charge in [-0.15, -0.1) is 0 Å². The molecule has 0 saturated carbocycles. The molecule has 0 atom stereocenters. The first-order valence-electron chi connectivity index (χ1n) is 1.49. The molecule has 0 fully saturated rings. The molecular weight excluding hydrogens is 112 g/mol. The maximum atomic E-state index is 1.54. The van der Waals surface area contributed by atoms with Crippen LogP contribution in [-0.2, 0) is 0 Å². The van der Waals surface area contributed by atoms with Crippen molar-refractivity contribution in [1.82, 2.24) is 0 Å². The fourth-order valence-electron chi connectivity index (χ4n) is 0. The van der Waals surface area contributed by atoms with E-state index in [-0.39, 0.29) is 0 Å². The van der Waals surface area contributed by atoms with Gasteiger partial charge in [-0.3, -0.25) is 0 Å². The minimum Gasteiger partial charge on any atom is -0.0550 e. The summed E-state index contributed by atoms with van der Waals surface area (Å²) in [6.45, 7) is 0. The Hall–Kier alpha value is 0.868. The molecule has 0 bridgehead atoms. The van der Waals surface area contributed by atoms with Crippen molar-refractivity contribution in [3.05, 3.63) is 0 Å². The van der Waals surface area contributed by atoms with E-state index in [1.54, 1.807) is 19.5 Å². The van der Waals surface area contributed by atoms with Crippen molar-refractivity contribution in [2.45, 2.75) is 0 Å². The van der Waals surface area contributed by atoms with Crippen molar-refractivity contribution in [3.63, 3.8) is 0 Å². The van der Waals surface area contributed by atoms with E-state index in [2.05, 4.69) is 0 Å². The molecule has 24 valence electrons. The number of hydrogen-bond donors (Lipinski definition) is 0. The summed E-state index contributed by atoms with van der Waals surface area (Å²) in [5.41, 5.74) is 0. The topological polar surface area (TPSA) is 0 Å². The molecule has 0 aromatic rings. The molecule has 4 heteroatoms. The second-order valence-electron chi connectivity index (χ2n) is 0.667. The van der Waals surface area contributed by atoms with Crippen LogP contribution in [-0.4, -0.2) is 35.8 Å². The van der Waals surface area contributed by atoms with E-state index in [4.69, 9.17) is 0 Å². The third kappa shape index (κ3) is 2.87. The molecule has 0 amide bonds. The Morgan fingerprint density at radius 1 is 1.00 bits per heavy atom. The predicted molar refractivity (Wildman–Crippen MR) is 34.2 cm³/mol. The van der Waals surface area contributed by atoms with Gasteiger partial charge in [0, 0.05) is 19.5 Å². The third-order valence-corrected chi connectivity index (χ3v) is 27.0. The average Bonchev–Trinajstić information content (AvgIpc) is 1.37. The van der Waals surface area contributed by atoms with Gasteiger partial charge >= 0.3 is 0 Å². The number of rotatable bonds is 0. The molecule has 0 aliphatic rings. The highest BCUT2D eigenvalue weighted by atomic mass is 29.5. The standard InChI is InChI=1S/H8Si4/c1-3-4-2/h3-4H,1-2H3/b4-3+. The highest BCUT2D eigenvalue weighted by Crippen LogP contribution is 1.03. The summed E-state index contributed by atoms with van der Waals surface area (Å²) in [4.78, 5) is 0. The van der Waals surface area contributed by atoms with Gasteiger partial charge in [-0.05, 0) is 0 Å².